The number of carbonyl (C=O) groups is 1. The second-order valence-corrected chi connectivity index (χ2v) is 6.18. The van der Waals surface area contributed by atoms with Crippen LogP contribution in [0.2, 0.25) is 0 Å². The van der Waals surface area contributed by atoms with Crippen molar-refractivity contribution in [1.29, 1.82) is 5.26 Å². The maximum absolute atomic E-state index is 11.5. The quantitative estimate of drug-likeness (QED) is 0.356. The fraction of sp³-hybridized carbons (Fsp3) is 0.462. The summed E-state index contributed by atoms with van der Waals surface area (Å²) in [6, 6.07) is 3.03. The van der Waals surface area contributed by atoms with E-state index in [1.54, 1.807) is 20.8 Å². The van der Waals surface area contributed by atoms with E-state index < -0.39 is 10.5 Å². The molecule has 0 saturated carbocycles. The van der Waals surface area contributed by atoms with Gasteiger partial charge in [-0.3, -0.25) is 14.9 Å². The average Bonchev–Trinajstić information content (AvgIpc) is 2.36. The third-order valence-corrected chi connectivity index (χ3v) is 3.14. The van der Waals surface area contributed by atoms with Gasteiger partial charge >= 0.3 is 5.97 Å². The molecule has 0 aliphatic carbocycles. The Morgan fingerprint density at radius 2 is 2.24 bits per heavy atom. The zero-order valence-electron chi connectivity index (χ0n) is 12.0. The summed E-state index contributed by atoms with van der Waals surface area (Å²) in [5, 5.41) is 19.9. The second-order valence-electron chi connectivity index (χ2n) is 5.10. The average molecular weight is 309 g/mol. The number of hydrogen-bond acceptors (Lipinski definition) is 7. The lowest BCUT2D eigenvalue weighted by Gasteiger charge is -2.19. The molecular formula is C13H15N3O4S. The minimum atomic E-state index is -0.608. The van der Waals surface area contributed by atoms with Crippen LogP contribution in [-0.4, -0.2) is 27.2 Å². The van der Waals surface area contributed by atoms with E-state index in [1.807, 2.05) is 6.07 Å². The van der Waals surface area contributed by atoms with E-state index in [4.69, 9.17) is 10.00 Å². The first-order valence-corrected chi connectivity index (χ1v) is 7.10. The van der Waals surface area contributed by atoms with Gasteiger partial charge in [-0.05, 0) is 20.8 Å². The molecule has 0 aliphatic rings. The summed E-state index contributed by atoms with van der Waals surface area (Å²) in [5.41, 5.74) is -0.646. The van der Waals surface area contributed by atoms with Crippen LogP contribution in [0.5, 0.6) is 0 Å². The molecule has 0 radical (unpaired) electrons. The molecule has 0 unspecified atom stereocenters. The van der Waals surface area contributed by atoms with Crippen LogP contribution in [-0.2, 0) is 9.53 Å². The van der Waals surface area contributed by atoms with Crippen LogP contribution in [0.1, 0.15) is 32.8 Å². The molecule has 0 atom stereocenters. The van der Waals surface area contributed by atoms with Gasteiger partial charge in [0.25, 0.3) is 5.69 Å². The molecule has 0 saturated heterocycles. The third kappa shape index (κ3) is 5.79. The molecule has 7 nitrogen and oxygen atoms in total. The first-order valence-electron chi connectivity index (χ1n) is 6.12. The topological polar surface area (TPSA) is 106 Å². The van der Waals surface area contributed by atoms with Crippen LogP contribution in [0.25, 0.3) is 0 Å². The number of carbonyl (C=O) groups excluding carboxylic acids is 1. The molecule has 0 bridgehead atoms. The SMILES string of the molecule is CC(C)(C)OC(=O)CCSc1ncc([N+](=O)[O-])cc1C#N. The first kappa shape index (κ1) is 16.9. The summed E-state index contributed by atoms with van der Waals surface area (Å²) < 4.78 is 5.16. The summed E-state index contributed by atoms with van der Waals surface area (Å²) in [7, 11) is 0. The van der Waals surface area contributed by atoms with Gasteiger partial charge in [-0.2, -0.15) is 5.26 Å². The van der Waals surface area contributed by atoms with E-state index in [9.17, 15) is 14.9 Å². The lowest BCUT2D eigenvalue weighted by molar-refractivity contribution is -0.385. The van der Waals surface area contributed by atoms with Gasteiger partial charge in [-0.25, -0.2) is 4.98 Å². The van der Waals surface area contributed by atoms with Crippen LogP contribution >= 0.6 is 11.8 Å². The number of rotatable bonds is 5. The van der Waals surface area contributed by atoms with Gasteiger partial charge in [-0.1, -0.05) is 0 Å². The lowest BCUT2D eigenvalue weighted by atomic mass is 10.2. The smallest absolute Gasteiger partial charge is 0.307 e. The molecular weight excluding hydrogens is 294 g/mol. The summed E-state index contributed by atoms with van der Waals surface area (Å²) in [4.78, 5) is 25.4. The number of nitro groups is 1. The van der Waals surface area contributed by atoms with Crippen LogP contribution in [0.3, 0.4) is 0 Å². The van der Waals surface area contributed by atoms with E-state index in [-0.39, 0.29) is 23.6 Å². The number of nitrogens with zero attached hydrogens (tertiary/aromatic N) is 3. The molecule has 1 aromatic rings. The Bertz CT molecular complexity index is 590. The summed E-state index contributed by atoms with van der Waals surface area (Å²) in [5.74, 6) is 0.0458. The molecule has 0 aliphatic heterocycles. The van der Waals surface area contributed by atoms with Crippen molar-refractivity contribution < 1.29 is 14.5 Å². The lowest BCUT2D eigenvalue weighted by Crippen LogP contribution is -2.24. The van der Waals surface area contributed by atoms with Crippen molar-refractivity contribution in [3.63, 3.8) is 0 Å². The molecule has 0 spiro atoms. The van der Waals surface area contributed by atoms with Crippen LogP contribution < -0.4 is 0 Å². The highest BCUT2D eigenvalue weighted by atomic mass is 32.2. The molecule has 0 N–H and O–H groups in total. The number of nitriles is 1. The van der Waals surface area contributed by atoms with Crippen molar-refractivity contribution in [2.24, 2.45) is 0 Å². The van der Waals surface area contributed by atoms with Crippen LogP contribution in [0, 0.1) is 21.4 Å². The van der Waals surface area contributed by atoms with Crippen LogP contribution in [0.4, 0.5) is 5.69 Å². The van der Waals surface area contributed by atoms with Gasteiger partial charge in [0.05, 0.1) is 16.9 Å². The number of hydrogen-bond donors (Lipinski definition) is 0. The maximum Gasteiger partial charge on any atom is 0.307 e. The van der Waals surface area contributed by atoms with Gasteiger partial charge in [0.15, 0.2) is 0 Å². The minimum Gasteiger partial charge on any atom is -0.460 e. The summed E-state index contributed by atoms with van der Waals surface area (Å²) in [6.45, 7) is 5.34. The Hall–Kier alpha value is -2.14. The minimum absolute atomic E-state index is 0.124. The van der Waals surface area contributed by atoms with E-state index in [1.165, 1.54) is 17.8 Å². The van der Waals surface area contributed by atoms with Gasteiger partial charge in [0.1, 0.15) is 22.9 Å². The molecule has 1 aromatic heterocycles. The Morgan fingerprint density at radius 3 is 2.76 bits per heavy atom. The van der Waals surface area contributed by atoms with Gasteiger partial charge in [0.2, 0.25) is 0 Å². The third-order valence-electron chi connectivity index (χ3n) is 2.13. The van der Waals surface area contributed by atoms with E-state index >= 15 is 0 Å². The van der Waals surface area contributed by atoms with Gasteiger partial charge in [-0.15, -0.1) is 11.8 Å². The van der Waals surface area contributed by atoms with Gasteiger partial charge < -0.3 is 4.74 Å². The molecule has 0 amide bonds. The zero-order valence-corrected chi connectivity index (χ0v) is 12.8. The molecule has 112 valence electrons. The highest BCUT2D eigenvalue weighted by Crippen LogP contribution is 2.24. The van der Waals surface area contributed by atoms with Crippen molar-refractivity contribution in [2.75, 3.05) is 5.75 Å². The zero-order chi connectivity index (χ0) is 16.0. The maximum atomic E-state index is 11.5. The Kier molecular flexibility index (Phi) is 5.67. The van der Waals surface area contributed by atoms with E-state index in [2.05, 4.69) is 4.98 Å². The number of ether oxygens (including phenoxy) is 1. The molecule has 1 rings (SSSR count). The predicted molar refractivity (Wildman–Crippen MR) is 76.8 cm³/mol. The van der Waals surface area contributed by atoms with E-state index in [0.29, 0.717) is 10.8 Å². The monoisotopic (exact) mass is 309 g/mol. The van der Waals surface area contributed by atoms with E-state index in [0.717, 1.165) is 6.20 Å². The van der Waals surface area contributed by atoms with Crippen molar-refractivity contribution in [3.8, 4) is 6.07 Å². The van der Waals surface area contributed by atoms with Crippen molar-refractivity contribution in [1.82, 2.24) is 4.98 Å². The fourth-order valence-electron chi connectivity index (χ4n) is 1.36. The fourth-order valence-corrected chi connectivity index (χ4v) is 2.21. The first-order chi connectivity index (χ1) is 9.73. The molecule has 21 heavy (non-hydrogen) atoms. The number of esters is 1. The predicted octanol–water partition coefficient (Wildman–Crippen LogP) is 2.69. The molecule has 0 fully saturated rings. The summed E-state index contributed by atoms with van der Waals surface area (Å²) >= 11 is 1.19. The summed E-state index contributed by atoms with van der Waals surface area (Å²) in [6.07, 6.45) is 1.27. The Balaban J connectivity index is 2.62. The number of thioether (sulfide) groups is 1. The number of pyridine rings is 1. The highest BCUT2D eigenvalue weighted by Gasteiger charge is 2.17. The normalized spacial score (nSPS) is 10.8. The highest BCUT2D eigenvalue weighted by molar-refractivity contribution is 7.99. The standard InChI is InChI=1S/C13H15N3O4S/c1-13(2,3)20-11(17)4-5-21-12-9(7-14)6-10(8-15-12)16(18)19/h6,8H,4-5H2,1-3H3. The van der Waals surface area contributed by atoms with Crippen molar-refractivity contribution in [2.45, 2.75) is 37.8 Å². The Labute approximate surface area is 126 Å². The molecule has 8 heteroatoms. The number of aromatic nitrogens is 1. The van der Waals surface area contributed by atoms with Gasteiger partial charge in [0, 0.05) is 11.8 Å². The Morgan fingerprint density at radius 1 is 1.57 bits per heavy atom. The van der Waals surface area contributed by atoms with Crippen LogP contribution in [0.15, 0.2) is 17.3 Å². The second kappa shape index (κ2) is 7.04. The molecule has 0 aromatic carbocycles. The molecule has 1 heterocycles. The van der Waals surface area contributed by atoms with Crippen molar-refractivity contribution in [3.05, 3.63) is 27.9 Å². The van der Waals surface area contributed by atoms with Crippen molar-refractivity contribution >= 4 is 23.4 Å². The largest absolute Gasteiger partial charge is 0.460 e.